The maximum atomic E-state index is 12.4. The van der Waals surface area contributed by atoms with E-state index >= 15 is 0 Å². The molecular weight excluding hydrogens is 205 g/mol. The first kappa shape index (κ1) is 11.1. The fraction of sp³-hybridized carbons (Fsp3) is 0.200. The monoisotopic (exact) mass is 210 g/mol. The van der Waals surface area contributed by atoms with Crippen LogP contribution in [0, 0.1) is 22.7 Å². The lowest BCUT2D eigenvalue weighted by Crippen LogP contribution is -2.08. The Hall–Kier alpha value is -2.01. The molecule has 0 aliphatic carbocycles. The first-order valence-electron chi connectivity index (χ1n) is 3.96. The standard InChI is InChI=1S/C10H5F3N2/c11-10(12,13)9-5-7(3-4-14)1-2-8(9)6-15/h1-2,5H,3H2. The maximum absolute atomic E-state index is 12.4. The van der Waals surface area contributed by atoms with Crippen molar-refractivity contribution < 1.29 is 13.2 Å². The van der Waals surface area contributed by atoms with Crippen LogP contribution in [-0.2, 0) is 12.6 Å². The van der Waals surface area contributed by atoms with E-state index in [1.165, 1.54) is 12.1 Å². The van der Waals surface area contributed by atoms with Crippen LogP contribution >= 0.6 is 0 Å². The van der Waals surface area contributed by atoms with E-state index in [2.05, 4.69) is 0 Å². The number of benzene rings is 1. The molecule has 0 saturated carbocycles. The highest BCUT2D eigenvalue weighted by molar-refractivity contribution is 5.42. The van der Waals surface area contributed by atoms with E-state index in [1.54, 1.807) is 6.07 Å². The highest BCUT2D eigenvalue weighted by Crippen LogP contribution is 2.32. The van der Waals surface area contributed by atoms with Crippen LogP contribution in [0.4, 0.5) is 13.2 Å². The number of nitrogens with zero attached hydrogens (tertiary/aromatic N) is 2. The predicted molar refractivity (Wildman–Crippen MR) is 45.5 cm³/mol. The van der Waals surface area contributed by atoms with Gasteiger partial charge in [0.25, 0.3) is 0 Å². The normalized spacial score (nSPS) is 10.5. The van der Waals surface area contributed by atoms with Crippen molar-refractivity contribution in [3.8, 4) is 12.1 Å². The van der Waals surface area contributed by atoms with E-state index in [9.17, 15) is 13.2 Å². The van der Waals surface area contributed by atoms with Crippen molar-refractivity contribution in [3.05, 3.63) is 34.9 Å². The van der Waals surface area contributed by atoms with Crippen LogP contribution in [-0.4, -0.2) is 0 Å². The molecule has 0 spiro atoms. The van der Waals surface area contributed by atoms with Gasteiger partial charge in [0.05, 0.1) is 29.7 Å². The Kier molecular flexibility index (Phi) is 2.96. The van der Waals surface area contributed by atoms with Gasteiger partial charge in [0, 0.05) is 0 Å². The quantitative estimate of drug-likeness (QED) is 0.715. The van der Waals surface area contributed by atoms with Crippen LogP contribution in [0.5, 0.6) is 0 Å². The van der Waals surface area contributed by atoms with Crippen LogP contribution in [0.1, 0.15) is 16.7 Å². The third-order valence-corrected chi connectivity index (χ3v) is 1.79. The van der Waals surface area contributed by atoms with E-state index in [1.807, 2.05) is 0 Å². The summed E-state index contributed by atoms with van der Waals surface area (Å²) in [6.45, 7) is 0. The summed E-state index contributed by atoms with van der Waals surface area (Å²) in [6.07, 6.45) is -4.66. The van der Waals surface area contributed by atoms with Gasteiger partial charge >= 0.3 is 6.18 Å². The van der Waals surface area contributed by atoms with Gasteiger partial charge in [-0.3, -0.25) is 0 Å². The van der Waals surface area contributed by atoms with Gasteiger partial charge < -0.3 is 0 Å². The number of hydrogen-bond acceptors (Lipinski definition) is 2. The lowest BCUT2D eigenvalue weighted by atomic mass is 10.0. The Labute approximate surface area is 84.2 Å². The molecule has 0 aliphatic rings. The van der Waals surface area contributed by atoms with Crippen LogP contribution in [0.3, 0.4) is 0 Å². The lowest BCUT2D eigenvalue weighted by molar-refractivity contribution is -0.137. The largest absolute Gasteiger partial charge is 0.417 e. The third kappa shape index (κ3) is 2.47. The zero-order chi connectivity index (χ0) is 11.5. The van der Waals surface area contributed by atoms with Crippen molar-refractivity contribution in [3.63, 3.8) is 0 Å². The molecule has 0 aliphatic heterocycles. The first-order chi connectivity index (χ1) is 6.99. The summed E-state index contributed by atoms with van der Waals surface area (Å²) in [5.74, 6) is 0. The summed E-state index contributed by atoms with van der Waals surface area (Å²) in [5.41, 5.74) is -1.16. The second kappa shape index (κ2) is 4.02. The molecule has 0 radical (unpaired) electrons. The molecule has 0 fully saturated rings. The fourth-order valence-electron chi connectivity index (χ4n) is 1.12. The van der Waals surface area contributed by atoms with Gasteiger partial charge in [0.2, 0.25) is 0 Å². The highest BCUT2D eigenvalue weighted by Gasteiger charge is 2.33. The Morgan fingerprint density at radius 2 is 1.87 bits per heavy atom. The molecule has 0 heterocycles. The van der Waals surface area contributed by atoms with Gasteiger partial charge in [-0.05, 0) is 17.7 Å². The predicted octanol–water partition coefficient (Wildman–Crippen LogP) is 2.64. The van der Waals surface area contributed by atoms with Crippen molar-refractivity contribution in [1.82, 2.24) is 0 Å². The van der Waals surface area contributed by atoms with Crippen LogP contribution in [0.25, 0.3) is 0 Å². The van der Waals surface area contributed by atoms with Crippen molar-refractivity contribution in [2.75, 3.05) is 0 Å². The third-order valence-electron chi connectivity index (χ3n) is 1.79. The van der Waals surface area contributed by atoms with Gasteiger partial charge in [-0.2, -0.15) is 23.7 Å². The van der Waals surface area contributed by atoms with Crippen LogP contribution in [0.15, 0.2) is 18.2 Å². The van der Waals surface area contributed by atoms with Crippen LogP contribution in [0.2, 0.25) is 0 Å². The zero-order valence-electron chi connectivity index (χ0n) is 7.47. The minimum Gasteiger partial charge on any atom is -0.198 e. The molecule has 0 amide bonds. The molecule has 0 aromatic heterocycles. The Balaban J connectivity index is 3.29. The molecule has 0 bridgehead atoms. The van der Waals surface area contributed by atoms with Gasteiger partial charge in [0.15, 0.2) is 0 Å². The van der Waals surface area contributed by atoms with E-state index in [0.29, 0.717) is 0 Å². The number of nitriles is 2. The van der Waals surface area contributed by atoms with E-state index < -0.39 is 17.3 Å². The Morgan fingerprint density at radius 3 is 2.33 bits per heavy atom. The number of hydrogen-bond donors (Lipinski definition) is 0. The smallest absolute Gasteiger partial charge is 0.198 e. The van der Waals surface area contributed by atoms with Crippen molar-refractivity contribution >= 4 is 0 Å². The van der Waals surface area contributed by atoms with Crippen molar-refractivity contribution in [2.24, 2.45) is 0 Å². The summed E-state index contributed by atoms with van der Waals surface area (Å²) in [7, 11) is 0. The molecule has 0 unspecified atom stereocenters. The summed E-state index contributed by atoms with van der Waals surface area (Å²) in [6, 6.07) is 6.48. The number of halogens is 3. The topological polar surface area (TPSA) is 47.6 Å². The average molecular weight is 210 g/mol. The van der Waals surface area contributed by atoms with Gasteiger partial charge in [-0.15, -0.1) is 0 Å². The minimum atomic E-state index is -4.56. The second-order valence-corrected chi connectivity index (χ2v) is 2.82. The second-order valence-electron chi connectivity index (χ2n) is 2.82. The minimum absolute atomic E-state index is 0.102. The number of alkyl halides is 3. The SMILES string of the molecule is N#CCc1ccc(C#N)c(C(F)(F)F)c1. The van der Waals surface area contributed by atoms with Crippen molar-refractivity contribution in [1.29, 1.82) is 10.5 Å². The summed E-state index contributed by atoms with van der Waals surface area (Å²) < 4.78 is 37.3. The van der Waals surface area contributed by atoms with Crippen molar-refractivity contribution in [2.45, 2.75) is 12.6 Å². The average Bonchev–Trinajstić information content (AvgIpc) is 2.17. The summed E-state index contributed by atoms with van der Waals surface area (Å²) in [4.78, 5) is 0. The zero-order valence-corrected chi connectivity index (χ0v) is 7.47. The highest BCUT2D eigenvalue weighted by atomic mass is 19.4. The molecule has 15 heavy (non-hydrogen) atoms. The van der Waals surface area contributed by atoms with Gasteiger partial charge in [-0.25, -0.2) is 0 Å². The van der Waals surface area contributed by atoms with E-state index in [-0.39, 0.29) is 12.0 Å². The Morgan fingerprint density at radius 1 is 1.20 bits per heavy atom. The molecule has 1 aromatic carbocycles. The lowest BCUT2D eigenvalue weighted by Gasteiger charge is -2.09. The molecule has 1 rings (SSSR count). The van der Waals surface area contributed by atoms with E-state index in [0.717, 1.165) is 12.1 Å². The molecule has 0 N–H and O–H groups in total. The molecule has 2 nitrogen and oxygen atoms in total. The summed E-state index contributed by atoms with van der Waals surface area (Å²) in [5, 5.41) is 16.8. The van der Waals surface area contributed by atoms with Crippen LogP contribution < -0.4 is 0 Å². The van der Waals surface area contributed by atoms with Gasteiger partial charge in [-0.1, -0.05) is 6.07 Å². The fourth-order valence-corrected chi connectivity index (χ4v) is 1.12. The molecule has 5 heteroatoms. The molecule has 0 saturated heterocycles. The van der Waals surface area contributed by atoms with Gasteiger partial charge in [0.1, 0.15) is 0 Å². The molecule has 76 valence electrons. The first-order valence-corrected chi connectivity index (χ1v) is 3.96. The molecule has 1 aromatic rings. The molecule has 0 atom stereocenters. The molecular formula is C10H5F3N2. The summed E-state index contributed by atoms with van der Waals surface area (Å²) >= 11 is 0. The number of rotatable bonds is 1. The Bertz CT molecular complexity index is 449. The maximum Gasteiger partial charge on any atom is 0.417 e. The van der Waals surface area contributed by atoms with E-state index in [4.69, 9.17) is 10.5 Å².